The van der Waals surface area contributed by atoms with E-state index in [4.69, 9.17) is 9.47 Å². The molecule has 0 N–H and O–H groups in total. The second kappa shape index (κ2) is 5.40. The molecule has 4 rings (SSSR count). The molecule has 2 aliphatic rings. The van der Waals surface area contributed by atoms with Crippen molar-refractivity contribution in [1.82, 2.24) is 0 Å². The van der Waals surface area contributed by atoms with Crippen molar-refractivity contribution in [1.29, 1.82) is 0 Å². The first kappa shape index (κ1) is 13.8. The van der Waals surface area contributed by atoms with Crippen LogP contribution in [0.15, 0.2) is 36.4 Å². The Kier molecular flexibility index (Phi) is 3.38. The van der Waals surface area contributed by atoms with Gasteiger partial charge in [-0.3, -0.25) is 4.79 Å². The van der Waals surface area contributed by atoms with Crippen molar-refractivity contribution in [3.63, 3.8) is 0 Å². The Labute approximate surface area is 130 Å². The molecule has 2 saturated heterocycles. The van der Waals surface area contributed by atoms with E-state index in [1.807, 2.05) is 36.4 Å². The average Bonchev–Trinajstić information content (AvgIpc) is 2.91. The summed E-state index contributed by atoms with van der Waals surface area (Å²) in [5, 5.41) is 2.08. The van der Waals surface area contributed by atoms with Gasteiger partial charge >= 0.3 is 0 Å². The lowest BCUT2D eigenvalue weighted by molar-refractivity contribution is -0.0149. The number of ketones is 1. The summed E-state index contributed by atoms with van der Waals surface area (Å²) in [6, 6.07) is 11.9. The lowest BCUT2D eigenvalue weighted by atomic mass is 9.86. The number of fused-ring (bicyclic) bond motifs is 3. The predicted octanol–water partition coefficient (Wildman–Crippen LogP) is 3.99. The number of rotatable bonds is 3. The van der Waals surface area contributed by atoms with E-state index >= 15 is 0 Å². The summed E-state index contributed by atoms with van der Waals surface area (Å²) in [6.07, 6.45) is 4.44. The Morgan fingerprint density at radius 3 is 2.55 bits per heavy atom. The summed E-state index contributed by atoms with van der Waals surface area (Å²) in [6.45, 7) is 0. The highest BCUT2D eigenvalue weighted by atomic mass is 16.5. The molecule has 0 radical (unpaired) electrons. The lowest BCUT2D eigenvalue weighted by Crippen LogP contribution is -2.30. The Morgan fingerprint density at radius 1 is 1.09 bits per heavy atom. The molecule has 2 bridgehead atoms. The van der Waals surface area contributed by atoms with Gasteiger partial charge in [0.1, 0.15) is 5.75 Å². The van der Waals surface area contributed by atoms with E-state index in [1.165, 1.54) is 0 Å². The molecule has 0 aromatic heterocycles. The van der Waals surface area contributed by atoms with Gasteiger partial charge in [0.25, 0.3) is 0 Å². The molecule has 3 nitrogen and oxygen atoms in total. The van der Waals surface area contributed by atoms with Gasteiger partial charge in [-0.05, 0) is 42.5 Å². The second-order valence-corrected chi connectivity index (χ2v) is 6.35. The Bertz CT molecular complexity index is 710. The van der Waals surface area contributed by atoms with E-state index in [-0.39, 0.29) is 23.9 Å². The van der Waals surface area contributed by atoms with Crippen molar-refractivity contribution in [2.24, 2.45) is 5.92 Å². The summed E-state index contributed by atoms with van der Waals surface area (Å²) < 4.78 is 11.4. The third-order valence-electron chi connectivity index (χ3n) is 5.02. The van der Waals surface area contributed by atoms with E-state index in [0.717, 1.165) is 42.0 Å². The van der Waals surface area contributed by atoms with Gasteiger partial charge in [-0.25, -0.2) is 0 Å². The van der Waals surface area contributed by atoms with Gasteiger partial charge in [-0.1, -0.05) is 30.3 Å². The van der Waals surface area contributed by atoms with Crippen LogP contribution >= 0.6 is 0 Å². The topological polar surface area (TPSA) is 35.5 Å². The van der Waals surface area contributed by atoms with E-state index < -0.39 is 0 Å². The summed E-state index contributed by atoms with van der Waals surface area (Å²) in [4.78, 5) is 13.2. The number of hydrogen-bond acceptors (Lipinski definition) is 3. The molecule has 2 aromatic rings. The molecule has 2 atom stereocenters. The minimum atomic E-state index is 0.0611. The molecule has 2 heterocycles. The largest absolute Gasteiger partial charge is 0.496 e. The highest BCUT2D eigenvalue weighted by molar-refractivity contribution is 6.11. The maximum absolute atomic E-state index is 13.2. The van der Waals surface area contributed by atoms with E-state index in [1.54, 1.807) is 7.11 Å². The molecule has 0 saturated carbocycles. The number of ether oxygens (including phenoxy) is 2. The van der Waals surface area contributed by atoms with Gasteiger partial charge in [0.2, 0.25) is 0 Å². The van der Waals surface area contributed by atoms with Crippen LogP contribution in [0.2, 0.25) is 0 Å². The van der Waals surface area contributed by atoms with Gasteiger partial charge in [0, 0.05) is 5.92 Å². The number of Topliss-reactive ketones (excluding diaryl/α,β-unsaturated/α-hetero) is 1. The van der Waals surface area contributed by atoms with E-state index in [9.17, 15) is 4.79 Å². The van der Waals surface area contributed by atoms with E-state index in [0.29, 0.717) is 5.75 Å². The third-order valence-corrected chi connectivity index (χ3v) is 5.02. The maximum Gasteiger partial charge on any atom is 0.170 e. The second-order valence-electron chi connectivity index (χ2n) is 6.35. The smallest absolute Gasteiger partial charge is 0.170 e. The van der Waals surface area contributed by atoms with Crippen molar-refractivity contribution in [3.8, 4) is 5.75 Å². The van der Waals surface area contributed by atoms with Crippen LogP contribution in [-0.4, -0.2) is 25.1 Å². The fourth-order valence-electron chi connectivity index (χ4n) is 3.95. The number of hydrogen-bond donors (Lipinski definition) is 0. The molecule has 0 aliphatic carbocycles. The van der Waals surface area contributed by atoms with Crippen LogP contribution in [0.1, 0.15) is 36.0 Å². The quantitative estimate of drug-likeness (QED) is 0.803. The zero-order chi connectivity index (χ0) is 15.1. The maximum atomic E-state index is 13.2. The molecule has 0 amide bonds. The van der Waals surface area contributed by atoms with Crippen LogP contribution in [0, 0.1) is 5.92 Å². The third kappa shape index (κ3) is 2.20. The van der Waals surface area contributed by atoms with Crippen molar-refractivity contribution in [2.75, 3.05) is 7.11 Å². The molecule has 22 heavy (non-hydrogen) atoms. The molecule has 2 aliphatic heterocycles. The van der Waals surface area contributed by atoms with Crippen LogP contribution in [0.3, 0.4) is 0 Å². The van der Waals surface area contributed by atoms with Crippen LogP contribution in [-0.2, 0) is 4.74 Å². The first-order valence-corrected chi connectivity index (χ1v) is 8.01. The van der Waals surface area contributed by atoms with E-state index in [2.05, 4.69) is 0 Å². The minimum absolute atomic E-state index is 0.0611. The zero-order valence-electron chi connectivity index (χ0n) is 12.7. The number of carbonyl (C=O) groups is 1. The van der Waals surface area contributed by atoms with Crippen LogP contribution < -0.4 is 4.74 Å². The number of methoxy groups -OCH3 is 1. The Balaban J connectivity index is 1.77. The SMILES string of the molecule is COc1ccc2ccccc2c1C(=O)C1CC2CCC(C1)O2. The fourth-order valence-corrected chi connectivity index (χ4v) is 3.95. The van der Waals surface area contributed by atoms with Crippen LogP contribution in [0.4, 0.5) is 0 Å². The minimum Gasteiger partial charge on any atom is -0.496 e. The lowest BCUT2D eigenvalue weighted by Gasteiger charge is -2.28. The average molecular weight is 296 g/mol. The van der Waals surface area contributed by atoms with Gasteiger partial charge in [-0.15, -0.1) is 0 Å². The van der Waals surface area contributed by atoms with Crippen molar-refractivity contribution in [3.05, 3.63) is 42.0 Å². The monoisotopic (exact) mass is 296 g/mol. The van der Waals surface area contributed by atoms with Gasteiger partial charge in [-0.2, -0.15) is 0 Å². The highest BCUT2D eigenvalue weighted by Crippen LogP contribution is 2.39. The van der Waals surface area contributed by atoms with Crippen molar-refractivity contribution < 1.29 is 14.3 Å². The van der Waals surface area contributed by atoms with Crippen LogP contribution in [0.5, 0.6) is 5.75 Å². The van der Waals surface area contributed by atoms with Gasteiger partial charge < -0.3 is 9.47 Å². The number of carbonyl (C=O) groups excluding carboxylic acids is 1. The summed E-state index contributed by atoms with van der Waals surface area (Å²) in [5.74, 6) is 0.961. The molecule has 0 spiro atoms. The first-order chi connectivity index (χ1) is 10.8. The molecule has 2 aromatic carbocycles. The molecular formula is C19H20O3. The number of benzene rings is 2. The standard InChI is InChI=1S/C19H20O3/c1-21-17-9-6-12-4-2-3-5-16(12)18(17)19(20)13-10-14-7-8-15(11-13)22-14/h2-6,9,13-15H,7-8,10-11H2,1H3. The Morgan fingerprint density at radius 2 is 1.82 bits per heavy atom. The summed E-state index contributed by atoms with van der Waals surface area (Å²) >= 11 is 0. The molecular weight excluding hydrogens is 276 g/mol. The van der Waals surface area contributed by atoms with Gasteiger partial charge in [0.05, 0.1) is 24.9 Å². The molecule has 3 heteroatoms. The highest BCUT2D eigenvalue weighted by Gasteiger charge is 2.39. The fraction of sp³-hybridized carbons (Fsp3) is 0.421. The molecule has 114 valence electrons. The first-order valence-electron chi connectivity index (χ1n) is 8.01. The summed E-state index contributed by atoms with van der Waals surface area (Å²) in [7, 11) is 1.63. The normalized spacial score (nSPS) is 27.0. The summed E-state index contributed by atoms with van der Waals surface area (Å²) in [5.41, 5.74) is 0.743. The Hall–Kier alpha value is -1.87. The van der Waals surface area contributed by atoms with Crippen molar-refractivity contribution in [2.45, 2.75) is 37.9 Å². The molecule has 2 fully saturated rings. The predicted molar refractivity (Wildman–Crippen MR) is 85.4 cm³/mol. The molecule has 2 unspecified atom stereocenters. The van der Waals surface area contributed by atoms with Crippen molar-refractivity contribution >= 4 is 16.6 Å². The van der Waals surface area contributed by atoms with Gasteiger partial charge in [0.15, 0.2) is 5.78 Å². The zero-order valence-corrected chi connectivity index (χ0v) is 12.7. The van der Waals surface area contributed by atoms with Crippen LogP contribution in [0.25, 0.3) is 10.8 Å².